The van der Waals surface area contributed by atoms with Crippen molar-refractivity contribution in [3.8, 4) is 11.5 Å². The quantitative estimate of drug-likeness (QED) is 0.328. The molecule has 181 valence electrons. The van der Waals surface area contributed by atoms with Crippen molar-refractivity contribution >= 4 is 11.0 Å². The van der Waals surface area contributed by atoms with Crippen LogP contribution in [0.3, 0.4) is 0 Å². The van der Waals surface area contributed by atoms with Gasteiger partial charge in [0.2, 0.25) is 0 Å². The van der Waals surface area contributed by atoms with Gasteiger partial charge >= 0.3 is 0 Å². The van der Waals surface area contributed by atoms with Gasteiger partial charge in [0.1, 0.15) is 0 Å². The molecule has 1 aromatic carbocycles. The van der Waals surface area contributed by atoms with Crippen molar-refractivity contribution < 1.29 is 34.7 Å². The molecular weight excluding hydrogens is 591 g/mol. The van der Waals surface area contributed by atoms with Gasteiger partial charge in [0, 0.05) is 43.5 Å². The summed E-state index contributed by atoms with van der Waals surface area (Å²) in [5.74, 6) is 2.35. The smallest absolute Gasteiger partial charge is 0.0624 e. The molecule has 0 aliphatic heterocycles. The fraction of sp³-hybridized carbons (Fsp3) is 0.536. The van der Waals surface area contributed by atoms with Crippen molar-refractivity contribution in [2.45, 2.75) is 71.0 Å². The van der Waals surface area contributed by atoms with Crippen molar-refractivity contribution in [1.82, 2.24) is 4.98 Å². The maximum Gasteiger partial charge on any atom is 0.0624 e. The number of para-hydroxylation sites is 1. The van der Waals surface area contributed by atoms with Crippen LogP contribution in [0.5, 0.6) is 0 Å². The van der Waals surface area contributed by atoms with Gasteiger partial charge in [-0.15, -0.1) is 17.5 Å². The van der Waals surface area contributed by atoms with Crippen LogP contribution in [0.15, 0.2) is 53.1 Å². The SMILES string of the molecule is CCC[C@H]1CCC2C[C@@H](CCC)C(O)C2C1O.[Ir].[c-]1c(-c2ccccn2)oc2ccccc12. The zero-order chi connectivity index (χ0) is 22.5. The summed E-state index contributed by atoms with van der Waals surface area (Å²) >= 11 is 0. The predicted octanol–water partition coefficient (Wildman–Crippen LogP) is 6.26. The van der Waals surface area contributed by atoms with Gasteiger partial charge in [-0.2, -0.15) is 0 Å². The van der Waals surface area contributed by atoms with E-state index in [-0.39, 0.29) is 38.2 Å². The van der Waals surface area contributed by atoms with E-state index in [1.165, 1.54) is 12.8 Å². The van der Waals surface area contributed by atoms with Gasteiger partial charge in [0.05, 0.1) is 18.0 Å². The Morgan fingerprint density at radius 2 is 1.64 bits per heavy atom. The van der Waals surface area contributed by atoms with Crippen LogP contribution in [-0.4, -0.2) is 27.4 Å². The summed E-state index contributed by atoms with van der Waals surface area (Å²) in [7, 11) is 0. The van der Waals surface area contributed by atoms with Gasteiger partial charge in [0.25, 0.3) is 0 Å². The Hall–Kier alpha value is -1.52. The molecule has 33 heavy (non-hydrogen) atoms. The van der Waals surface area contributed by atoms with Gasteiger partial charge in [-0.3, -0.25) is 0 Å². The van der Waals surface area contributed by atoms with E-state index in [1.807, 2.05) is 42.5 Å². The number of fused-ring (bicyclic) bond motifs is 2. The molecule has 0 spiro atoms. The van der Waals surface area contributed by atoms with Gasteiger partial charge in [-0.1, -0.05) is 57.0 Å². The second kappa shape index (κ2) is 12.3. The molecule has 2 saturated carbocycles. The third-order valence-corrected chi connectivity index (χ3v) is 7.38. The van der Waals surface area contributed by atoms with Crippen LogP contribution < -0.4 is 0 Å². The van der Waals surface area contributed by atoms with E-state index >= 15 is 0 Å². The number of aliphatic hydroxyl groups is 2. The number of hydrogen-bond acceptors (Lipinski definition) is 4. The first kappa shape index (κ1) is 26.1. The topological polar surface area (TPSA) is 66.5 Å². The van der Waals surface area contributed by atoms with Gasteiger partial charge in [-0.25, -0.2) is 0 Å². The molecule has 5 heteroatoms. The maximum absolute atomic E-state index is 10.5. The molecule has 0 amide bonds. The molecule has 2 aliphatic rings. The Bertz CT molecular complexity index is 938. The van der Waals surface area contributed by atoms with Crippen molar-refractivity contribution in [3.05, 3.63) is 54.7 Å². The Labute approximate surface area is 211 Å². The van der Waals surface area contributed by atoms with Crippen LogP contribution in [0.4, 0.5) is 0 Å². The molecule has 0 saturated heterocycles. The summed E-state index contributed by atoms with van der Waals surface area (Å²) in [6.45, 7) is 4.37. The van der Waals surface area contributed by atoms with Crippen molar-refractivity contribution in [2.24, 2.45) is 23.7 Å². The summed E-state index contributed by atoms with van der Waals surface area (Å²) in [6.07, 6.45) is 9.34. The fourth-order valence-electron chi connectivity index (χ4n) is 5.86. The average Bonchev–Trinajstić information content (AvgIpc) is 3.39. The summed E-state index contributed by atoms with van der Waals surface area (Å²) in [5.41, 5.74) is 1.66. The number of pyridine rings is 1. The molecule has 2 N–H and O–H groups in total. The van der Waals surface area contributed by atoms with Crippen molar-refractivity contribution in [1.29, 1.82) is 0 Å². The van der Waals surface area contributed by atoms with E-state index in [4.69, 9.17) is 4.42 Å². The molecular formula is C28H36IrNO3-. The van der Waals surface area contributed by atoms with E-state index in [2.05, 4.69) is 24.9 Å². The first-order valence-corrected chi connectivity index (χ1v) is 12.3. The Morgan fingerprint density at radius 1 is 0.939 bits per heavy atom. The summed E-state index contributed by atoms with van der Waals surface area (Å²) in [5, 5.41) is 21.9. The number of furan rings is 1. The van der Waals surface area contributed by atoms with Gasteiger partial charge in [-0.05, 0) is 55.9 Å². The number of hydrogen-bond donors (Lipinski definition) is 2. The maximum atomic E-state index is 10.5. The van der Waals surface area contributed by atoms with Crippen LogP contribution in [0, 0.1) is 29.7 Å². The Balaban J connectivity index is 0.000000181. The van der Waals surface area contributed by atoms with Crippen molar-refractivity contribution in [3.63, 3.8) is 0 Å². The molecule has 2 aliphatic carbocycles. The second-order valence-electron chi connectivity index (χ2n) is 9.50. The van der Waals surface area contributed by atoms with Crippen molar-refractivity contribution in [2.75, 3.05) is 0 Å². The minimum atomic E-state index is -0.245. The largest absolute Gasteiger partial charge is 0.518 e. The molecule has 3 aromatic rings. The number of aromatic nitrogens is 1. The average molecular weight is 627 g/mol. The summed E-state index contributed by atoms with van der Waals surface area (Å²) in [6, 6.07) is 16.7. The zero-order valence-corrected chi connectivity index (χ0v) is 22.0. The molecule has 4 nitrogen and oxygen atoms in total. The predicted molar refractivity (Wildman–Crippen MR) is 128 cm³/mol. The molecule has 5 rings (SSSR count). The molecule has 2 aromatic heterocycles. The Kier molecular flexibility index (Phi) is 9.69. The monoisotopic (exact) mass is 627 g/mol. The van der Waals surface area contributed by atoms with Crippen LogP contribution in [0.25, 0.3) is 22.4 Å². The van der Waals surface area contributed by atoms with Crippen LogP contribution in [0.1, 0.15) is 58.8 Å². The minimum absolute atomic E-state index is 0. The number of rotatable bonds is 5. The number of aliphatic hydroxyl groups excluding tert-OH is 2. The van der Waals surface area contributed by atoms with Crippen LogP contribution >= 0.6 is 0 Å². The molecule has 2 fully saturated rings. The van der Waals surface area contributed by atoms with E-state index in [0.717, 1.165) is 48.8 Å². The number of benzene rings is 1. The van der Waals surface area contributed by atoms with Gasteiger partial charge in [0.15, 0.2) is 0 Å². The third-order valence-electron chi connectivity index (χ3n) is 7.38. The Morgan fingerprint density at radius 3 is 2.33 bits per heavy atom. The zero-order valence-electron chi connectivity index (χ0n) is 19.6. The minimum Gasteiger partial charge on any atom is -0.518 e. The van der Waals surface area contributed by atoms with E-state index in [1.54, 1.807) is 6.20 Å². The molecule has 4 unspecified atom stereocenters. The normalized spacial score (nSPS) is 28.5. The van der Waals surface area contributed by atoms with E-state index < -0.39 is 0 Å². The first-order chi connectivity index (χ1) is 15.6. The summed E-state index contributed by atoms with van der Waals surface area (Å²) in [4.78, 5) is 4.22. The van der Waals surface area contributed by atoms with Crippen LogP contribution in [0.2, 0.25) is 0 Å². The van der Waals surface area contributed by atoms with Crippen LogP contribution in [-0.2, 0) is 20.1 Å². The molecule has 0 bridgehead atoms. The van der Waals surface area contributed by atoms with E-state index in [9.17, 15) is 10.2 Å². The molecule has 2 heterocycles. The molecule has 6 atom stereocenters. The fourth-order valence-corrected chi connectivity index (χ4v) is 5.86. The second-order valence-corrected chi connectivity index (χ2v) is 9.50. The third kappa shape index (κ3) is 5.95. The van der Waals surface area contributed by atoms with Gasteiger partial charge < -0.3 is 19.6 Å². The first-order valence-electron chi connectivity index (χ1n) is 12.3. The summed E-state index contributed by atoms with van der Waals surface area (Å²) < 4.78 is 5.64. The number of nitrogens with zero attached hydrogens (tertiary/aromatic N) is 1. The van der Waals surface area contributed by atoms with E-state index in [0.29, 0.717) is 23.5 Å². The standard InChI is InChI=1S/C15H28O2.C13H8NO.Ir/c1-3-5-10-7-8-11-9-12(6-4-2)15(17)13(11)14(10)16;1-2-7-12-10(5-1)9-13(15-12)11-6-3-4-8-14-11;/h10-17H,3-9H2,1-2H3;1-8H;/q;-1;/t10-,11?,12+,13?,14?,15?;;/m0../s1. The molecule has 1 radical (unpaired) electrons.